The molecule has 1 aromatic carbocycles. The Bertz CT molecular complexity index is 463. The Hall–Kier alpha value is -1.55. The molecule has 4 heteroatoms. The first-order valence-electron chi connectivity index (χ1n) is 8.49. The Morgan fingerprint density at radius 2 is 1.95 bits per heavy atom. The van der Waals surface area contributed by atoms with Crippen molar-refractivity contribution in [3.63, 3.8) is 0 Å². The molecule has 3 rings (SSSR count). The number of carbonyl (C=O) groups excluding carboxylic acids is 1. The van der Waals surface area contributed by atoms with E-state index in [0.29, 0.717) is 12.5 Å². The summed E-state index contributed by atoms with van der Waals surface area (Å²) in [6.07, 6.45) is 5.74. The highest BCUT2D eigenvalue weighted by Gasteiger charge is 2.24. The minimum absolute atomic E-state index is 0.0775. The van der Waals surface area contributed by atoms with Crippen molar-refractivity contribution in [3.05, 3.63) is 35.9 Å². The molecule has 1 unspecified atom stereocenters. The zero-order chi connectivity index (χ0) is 15.2. The summed E-state index contributed by atoms with van der Waals surface area (Å²) in [5, 5.41) is 3.02. The predicted octanol–water partition coefficient (Wildman–Crippen LogP) is 2.83. The molecule has 22 heavy (non-hydrogen) atoms. The van der Waals surface area contributed by atoms with Gasteiger partial charge in [0.15, 0.2) is 0 Å². The number of carbonyl (C=O) groups is 1. The number of nitrogens with one attached hydrogen (secondary N) is 1. The monoisotopic (exact) mass is 302 g/mol. The zero-order valence-electron chi connectivity index (χ0n) is 13.2. The number of ether oxygens (including phenoxy) is 1. The Labute approximate surface area is 132 Å². The number of piperidine rings is 1. The van der Waals surface area contributed by atoms with E-state index in [0.717, 1.165) is 51.8 Å². The topological polar surface area (TPSA) is 41.6 Å². The second-order valence-electron chi connectivity index (χ2n) is 6.44. The van der Waals surface area contributed by atoms with Crippen LogP contribution in [0.1, 0.15) is 31.2 Å². The molecule has 1 N–H and O–H groups in total. The molecule has 0 bridgehead atoms. The number of hydrogen-bond donors (Lipinski definition) is 1. The summed E-state index contributed by atoms with van der Waals surface area (Å²) in [5.41, 5.74) is 1.41. The largest absolute Gasteiger partial charge is 0.376 e. The van der Waals surface area contributed by atoms with E-state index in [-0.39, 0.29) is 12.1 Å². The maximum absolute atomic E-state index is 12.2. The summed E-state index contributed by atoms with van der Waals surface area (Å²) >= 11 is 0. The van der Waals surface area contributed by atoms with Crippen molar-refractivity contribution in [2.24, 2.45) is 5.92 Å². The number of nitrogens with zero attached hydrogens (tertiary/aromatic N) is 1. The average Bonchev–Trinajstić information content (AvgIpc) is 3.08. The lowest BCUT2D eigenvalue weighted by atomic mass is 9.90. The maximum Gasteiger partial charge on any atom is 0.317 e. The van der Waals surface area contributed by atoms with Crippen molar-refractivity contribution >= 4 is 6.03 Å². The van der Waals surface area contributed by atoms with Crippen LogP contribution in [0, 0.1) is 5.92 Å². The van der Waals surface area contributed by atoms with Crippen LogP contribution in [-0.2, 0) is 11.2 Å². The molecule has 2 aliphatic rings. The fraction of sp³-hybridized carbons (Fsp3) is 0.611. The summed E-state index contributed by atoms with van der Waals surface area (Å²) in [6.45, 7) is 3.23. The highest BCUT2D eigenvalue weighted by Crippen LogP contribution is 2.21. The second-order valence-corrected chi connectivity index (χ2v) is 6.44. The molecule has 2 saturated heterocycles. The SMILES string of the molecule is O=C(NCC1CCCO1)N1CCC(Cc2ccccc2)CC1. The van der Waals surface area contributed by atoms with Gasteiger partial charge >= 0.3 is 6.03 Å². The van der Waals surface area contributed by atoms with Crippen LogP contribution in [0.4, 0.5) is 4.79 Å². The Kier molecular flexibility index (Phi) is 5.33. The molecule has 4 nitrogen and oxygen atoms in total. The molecule has 120 valence electrons. The number of likely N-dealkylation sites (tertiary alicyclic amines) is 1. The maximum atomic E-state index is 12.2. The molecule has 1 atom stereocenters. The van der Waals surface area contributed by atoms with Crippen molar-refractivity contribution in [1.82, 2.24) is 10.2 Å². The van der Waals surface area contributed by atoms with Gasteiger partial charge in [0.25, 0.3) is 0 Å². The number of rotatable bonds is 4. The van der Waals surface area contributed by atoms with E-state index < -0.39 is 0 Å². The minimum Gasteiger partial charge on any atom is -0.376 e. The highest BCUT2D eigenvalue weighted by molar-refractivity contribution is 5.74. The van der Waals surface area contributed by atoms with Gasteiger partial charge in [0, 0.05) is 26.2 Å². The van der Waals surface area contributed by atoms with Crippen molar-refractivity contribution in [2.45, 2.75) is 38.2 Å². The first-order valence-corrected chi connectivity index (χ1v) is 8.49. The Balaban J connectivity index is 1.38. The van der Waals surface area contributed by atoms with Crippen molar-refractivity contribution < 1.29 is 9.53 Å². The third-order valence-corrected chi connectivity index (χ3v) is 4.77. The van der Waals surface area contributed by atoms with E-state index in [1.807, 2.05) is 4.90 Å². The minimum atomic E-state index is 0.0775. The fourth-order valence-electron chi connectivity index (χ4n) is 3.41. The van der Waals surface area contributed by atoms with E-state index in [9.17, 15) is 4.79 Å². The molecule has 0 aliphatic carbocycles. The van der Waals surface area contributed by atoms with Gasteiger partial charge < -0.3 is 15.0 Å². The molecule has 2 aliphatic heterocycles. The van der Waals surface area contributed by atoms with Gasteiger partial charge in [0.2, 0.25) is 0 Å². The second kappa shape index (κ2) is 7.63. The van der Waals surface area contributed by atoms with Gasteiger partial charge in [-0.1, -0.05) is 30.3 Å². The Morgan fingerprint density at radius 1 is 1.18 bits per heavy atom. The van der Waals surface area contributed by atoms with Gasteiger partial charge in [-0.15, -0.1) is 0 Å². The van der Waals surface area contributed by atoms with Crippen molar-refractivity contribution in [1.29, 1.82) is 0 Å². The van der Waals surface area contributed by atoms with Crippen LogP contribution in [0.2, 0.25) is 0 Å². The average molecular weight is 302 g/mol. The van der Waals surface area contributed by atoms with Gasteiger partial charge in [-0.3, -0.25) is 0 Å². The van der Waals surface area contributed by atoms with Gasteiger partial charge in [-0.25, -0.2) is 4.79 Å². The third-order valence-electron chi connectivity index (χ3n) is 4.77. The van der Waals surface area contributed by atoms with E-state index in [1.54, 1.807) is 0 Å². The van der Waals surface area contributed by atoms with E-state index in [2.05, 4.69) is 35.6 Å². The molecule has 1 aromatic rings. The molecule has 0 aromatic heterocycles. The molecule has 2 amide bonds. The zero-order valence-corrected chi connectivity index (χ0v) is 13.2. The number of amides is 2. The number of hydrogen-bond acceptors (Lipinski definition) is 2. The van der Waals surface area contributed by atoms with Crippen molar-refractivity contribution in [2.75, 3.05) is 26.2 Å². The molecular weight excluding hydrogens is 276 g/mol. The van der Waals surface area contributed by atoms with Crippen LogP contribution in [0.15, 0.2) is 30.3 Å². The van der Waals surface area contributed by atoms with Crippen LogP contribution < -0.4 is 5.32 Å². The lowest BCUT2D eigenvalue weighted by Crippen LogP contribution is -2.46. The van der Waals surface area contributed by atoms with E-state index >= 15 is 0 Å². The van der Waals surface area contributed by atoms with Gasteiger partial charge in [0.1, 0.15) is 0 Å². The van der Waals surface area contributed by atoms with Crippen LogP contribution in [0.25, 0.3) is 0 Å². The lowest BCUT2D eigenvalue weighted by Gasteiger charge is -2.32. The van der Waals surface area contributed by atoms with E-state index in [4.69, 9.17) is 4.74 Å². The first-order chi connectivity index (χ1) is 10.8. The van der Waals surface area contributed by atoms with Crippen LogP contribution in [-0.4, -0.2) is 43.3 Å². The standard InChI is InChI=1S/C18H26N2O2/c21-18(19-14-17-7-4-12-22-17)20-10-8-16(9-11-20)13-15-5-2-1-3-6-15/h1-3,5-6,16-17H,4,7-14H2,(H,19,21). The molecular formula is C18H26N2O2. The molecule has 0 spiro atoms. The van der Waals surface area contributed by atoms with Gasteiger partial charge in [0.05, 0.1) is 6.10 Å². The van der Waals surface area contributed by atoms with E-state index in [1.165, 1.54) is 5.56 Å². The highest BCUT2D eigenvalue weighted by atomic mass is 16.5. The summed E-state index contributed by atoms with van der Waals surface area (Å²) in [5.74, 6) is 0.699. The lowest BCUT2D eigenvalue weighted by molar-refractivity contribution is 0.107. The summed E-state index contributed by atoms with van der Waals surface area (Å²) in [4.78, 5) is 14.1. The predicted molar refractivity (Wildman–Crippen MR) is 86.8 cm³/mol. The smallest absolute Gasteiger partial charge is 0.317 e. The molecule has 2 heterocycles. The van der Waals surface area contributed by atoms with Crippen LogP contribution >= 0.6 is 0 Å². The summed E-state index contributed by atoms with van der Waals surface area (Å²) in [7, 11) is 0. The fourth-order valence-corrected chi connectivity index (χ4v) is 3.41. The summed E-state index contributed by atoms with van der Waals surface area (Å²) in [6, 6.07) is 10.7. The molecule has 0 saturated carbocycles. The summed E-state index contributed by atoms with van der Waals surface area (Å²) < 4.78 is 5.54. The first kappa shape index (κ1) is 15.3. The molecule has 2 fully saturated rings. The quantitative estimate of drug-likeness (QED) is 0.929. The normalized spacial score (nSPS) is 22.7. The van der Waals surface area contributed by atoms with Crippen LogP contribution in [0.3, 0.4) is 0 Å². The molecule has 0 radical (unpaired) electrons. The Morgan fingerprint density at radius 3 is 2.64 bits per heavy atom. The van der Waals surface area contributed by atoms with Crippen LogP contribution in [0.5, 0.6) is 0 Å². The van der Waals surface area contributed by atoms with Gasteiger partial charge in [-0.2, -0.15) is 0 Å². The number of urea groups is 1. The number of benzene rings is 1. The third kappa shape index (κ3) is 4.23. The van der Waals surface area contributed by atoms with Gasteiger partial charge in [-0.05, 0) is 43.6 Å². The van der Waals surface area contributed by atoms with Crippen molar-refractivity contribution in [3.8, 4) is 0 Å².